The first-order chi connectivity index (χ1) is 6.36. The summed E-state index contributed by atoms with van der Waals surface area (Å²) in [7, 11) is 0. The van der Waals surface area contributed by atoms with Crippen LogP contribution in [0.4, 0.5) is 5.95 Å². The molecule has 0 N–H and O–H groups in total. The fourth-order valence-electron chi connectivity index (χ4n) is 1.58. The Kier molecular flexibility index (Phi) is 1.12. The monoisotopic (exact) mass is 176 g/mol. The third-order valence-corrected chi connectivity index (χ3v) is 2.19. The van der Waals surface area contributed by atoms with Crippen molar-refractivity contribution in [3.63, 3.8) is 0 Å². The second-order valence-electron chi connectivity index (χ2n) is 2.96. The van der Waals surface area contributed by atoms with Gasteiger partial charge in [-0.2, -0.15) is 19.8 Å². The lowest BCUT2D eigenvalue weighted by Gasteiger charge is -2.22. The highest BCUT2D eigenvalue weighted by Gasteiger charge is 2.27. The van der Waals surface area contributed by atoms with Crippen molar-refractivity contribution in [1.29, 1.82) is 0 Å². The maximum absolute atomic E-state index is 4.34. The Labute approximate surface area is 74.6 Å². The Balaban J connectivity index is 2.25. The van der Waals surface area contributed by atoms with E-state index in [0.717, 1.165) is 24.9 Å². The number of amidine groups is 1. The van der Waals surface area contributed by atoms with Crippen LogP contribution >= 0.6 is 0 Å². The summed E-state index contributed by atoms with van der Waals surface area (Å²) in [4.78, 5) is 14.7. The van der Waals surface area contributed by atoms with Crippen molar-refractivity contribution in [2.75, 3.05) is 13.1 Å². The predicted molar refractivity (Wildman–Crippen MR) is 47.2 cm³/mol. The number of nitrogens with zero attached hydrogens (tertiary/aromatic N) is 6. The summed E-state index contributed by atoms with van der Waals surface area (Å²) < 4.78 is 1.67. The van der Waals surface area contributed by atoms with Crippen LogP contribution in [0.3, 0.4) is 0 Å². The molecule has 0 fully saturated rings. The Morgan fingerprint density at radius 1 is 1.46 bits per heavy atom. The van der Waals surface area contributed by atoms with Crippen LogP contribution in [0.2, 0.25) is 0 Å². The third-order valence-electron chi connectivity index (χ3n) is 2.19. The van der Waals surface area contributed by atoms with Crippen molar-refractivity contribution in [2.24, 2.45) is 9.98 Å². The van der Waals surface area contributed by atoms with Gasteiger partial charge in [0.25, 0.3) is 5.95 Å². The highest BCUT2D eigenvalue weighted by atomic mass is 15.5. The molecule has 0 atom stereocenters. The lowest BCUT2D eigenvalue weighted by molar-refractivity contribution is 0.617. The molecule has 2 aliphatic rings. The van der Waals surface area contributed by atoms with Gasteiger partial charge in [0.15, 0.2) is 0 Å². The predicted octanol–water partition coefficient (Wildman–Crippen LogP) is -0.139. The average Bonchev–Trinajstić information content (AvgIpc) is 2.66. The highest BCUT2D eigenvalue weighted by molar-refractivity contribution is 6.04. The van der Waals surface area contributed by atoms with Gasteiger partial charge < -0.3 is 0 Å². The molecule has 0 amide bonds. The second kappa shape index (κ2) is 2.15. The zero-order valence-electron chi connectivity index (χ0n) is 7.17. The van der Waals surface area contributed by atoms with Crippen molar-refractivity contribution in [3.05, 3.63) is 6.33 Å². The number of fused-ring (bicyclic) bond motifs is 3. The summed E-state index contributed by atoms with van der Waals surface area (Å²) in [6.45, 7) is 3.66. The molecule has 6 nitrogen and oxygen atoms in total. The molecule has 0 saturated heterocycles. The summed E-state index contributed by atoms with van der Waals surface area (Å²) in [6, 6.07) is 0. The number of aromatic nitrogens is 3. The van der Waals surface area contributed by atoms with Gasteiger partial charge in [0.05, 0.1) is 6.54 Å². The van der Waals surface area contributed by atoms with Gasteiger partial charge >= 0.3 is 0 Å². The molecule has 66 valence electrons. The minimum Gasteiger partial charge on any atom is -0.297 e. The molecule has 0 spiro atoms. The van der Waals surface area contributed by atoms with E-state index in [1.54, 1.807) is 4.68 Å². The molecule has 1 aromatic rings. The van der Waals surface area contributed by atoms with E-state index in [2.05, 4.69) is 20.1 Å². The van der Waals surface area contributed by atoms with Crippen molar-refractivity contribution in [3.8, 4) is 0 Å². The highest BCUT2D eigenvalue weighted by Crippen LogP contribution is 2.18. The minimum absolute atomic E-state index is 0.620. The van der Waals surface area contributed by atoms with Crippen LogP contribution in [-0.4, -0.2) is 44.5 Å². The van der Waals surface area contributed by atoms with Gasteiger partial charge in [0.1, 0.15) is 12.2 Å². The number of aliphatic imine (C=N–C) groups is 2. The molecule has 0 saturated carbocycles. The van der Waals surface area contributed by atoms with Gasteiger partial charge in [0.2, 0.25) is 5.96 Å². The fourth-order valence-corrected chi connectivity index (χ4v) is 1.58. The summed E-state index contributed by atoms with van der Waals surface area (Å²) in [5, 5.41) is 4.06. The van der Waals surface area contributed by atoms with E-state index in [0.29, 0.717) is 5.95 Å². The van der Waals surface area contributed by atoms with E-state index < -0.39 is 0 Å². The lowest BCUT2D eigenvalue weighted by Crippen LogP contribution is -2.39. The average molecular weight is 176 g/mol. The Hall–Kier alpha value is -1.72. The smallest absolute Gasteiger partial charge is 0.257 e. The molecule has 0 bridgehead atoms. The maximum atomic E-state index is 4.34. The summed E-state index contributed by atoms with van der Waals surface area (Å²) >= 11 is 0. The van der Waals surface area contributed by atoms with E-state index in [4.69, 9.17) is 0 Å². The molecule has 3 heterocycles. The molecule has 0 aromatic carbocycles. The second-order valence-corrected chi connectivity index (χ2v) is 2.96. The summed E-state index contributed by atoms with van der Waals surface area (Å²) in [5.41, 5.74) is 0. The maximum Gasteiger partial charge on any atom is 0.257 e. The van der Waals surface area contributed by atoms with Crippen LogP contribution < -0.4 is 0 Å². The first-order valence-corrected chi connectivity index (χ1v) is 4.14. The van der Waals surface area contributed by atoms with Crippen molar-refractivity contribution < 1.29 is 0 Å². The first kappa shape index (κ1) is 6.76. The van der Waals surface area contributed by atoms with Gasteiger partial charge in [-0.25, -0.2) is 4.99 Å². The van der Waals surface area contributed by atoms with Gasteiger partial charge in [-0.1, -0.05) is 0 Å². The quantitative estimate of drug-likeness (QED) is 0.553. The van der Waals surface area contributed by atoms with Gasteiger partial charge in [0, 0.05) is 6.54 Å². The standard InChI is InChI=1S/C7H8N6/c1-5-11-6-9-4-10-13(6)7-8-2-3-12(5)7/h4H,2-3H2,1H3. The third kappa shape index (κ3) is 0.769. The van der Waals surface area contributed by atoms with Crippen LogP contribution in [0.5, 0.6) is 0 Å². The first-order valence-electron chi connectivity index (χ1n) is 4.14. The molecule has 6 heteroatoms. The molecule has 13 heavy (non-hydrogen) atoms. The van der Waals surface area contributed by atoms with Crippen LogP contribution in [0.25, 0.3) is 0 Å². The van der Waals surface area contributed by atoms with E-state index in [9.17, 15) is 0 Å². The molecular weight excluding hydrogens is 168 g/mol. The van der Waals surface area contributed by atoms with Crippen molar-refractivity contribution in [2.45, 2.75) is 6.92 Å². The molecular formula is C7H8N6. The van der Waals surface area contributed by atoms with Crippen LogP contribution in [0, 0.1) is 0 Å². The van der Waals surface area contributed by atoms with Crippen molar-refractivity contribution in [1.82, 2.24) is 19.7 Å². The van der Waals surface area contributed by atoms with Gasteiger partial charge in [-0.15, -0.1) is 0 Å². The van der Waals surface area contributed by atoms with Gasteiger partial charge in [-0.05, 0) is 6.92 Å². The van der Waals surface area contributed by atoms with Crippen LogP contribution in [0.15, 0.2) is 16.3 Å². The van der Waals surface area contributed by atoms with E-state index in [1.807, 2.05) is 11.8 Å². The molecule has 0 unspecified atom stereocenters. The molecule has 0 radical (unpaired) electrons. The molecule has 3 rings (SSSR count). The summed E-state index contributed by atoms with van der Waals surface area (Å²) in [6.07, 6.45) is 1.50. The largest absolute Gasteiger partial charge is 0.297 e. The number of hydrogen-bond acceptors (Lipinski definition) is 5. The summed E-state index contributed by atoms with van der Waals surface area (Å²) in [5.74, 6) is 2.41. The van der Waals surface area contributed by atoms with Gasteiger partial charge in [-0.3, -0.25) is 4.90 Å². The SMILES string of the molecule is CC1=Nc2ncnn2C2=NCCN12. The molecule has 0 aliphatic carbocycles. The lowest BCUT2D eigenvalue weighted by atomic mass is 10.5. The minimum atomic E-state index is 0.620. The van der Waals surface area contributed by atoms with Crippen molar-refractivity contribution >= 4 is 17.7 Å². The van der Waals surface area contributed by atoms with Crippen LogP contribution in [-0.2, 0) is 0 Å². The number of rotatable bonds is 0. The normalized spacial score (nSPS) is 19.3. The zero-order chi connectivity index (χ0) is 8.84. The Morgan fingerprint density at radius 3 is 3.31 bits per heavy atom. The van der Waals surface area contributed by atoms with E-state index in [1.165, 1.54) is 6.33 Å². The van der Waals surface area contributed by atoms with E-state index in [-0.39, 0.29) is 0 Å². The molecule has 1 aromatic heterocycles. The zero-order valence-corrected chi connectivity index (χ0v) is 7.17. The Morgan fingerprint density at radius 2 is 2.38 bits per heavy atom. The molecule has 2 aliphatic heterocycles. The van der Waals surface area contributed by atoms with Crippen LogP contribution in [0.1, 0.15) is 6.92 Å². The number of hydrogen-bond donors (Lipinski definition) is 0. The fraction of sp³-hybridized carbons (Fsp3) is 0.429. The Bertz CT molecular complexity index is 414. The topological polar surface area (TPSA) is 58.7 Å². The van der Waals surface area contributed by atoms with E-state index >= 15 is 0 Å².